The fourth-order valence-corrected chi connectivity index (χ4v) is 3.16. The van der Waals surface area contributed by atoms with E-state index in [1.165, 1.54) is 19.3 Å². The summed E-state index contributed by atoms with van der Waals surface area (Å²) in [5, 5.41) is 3.28. The number of hydrogen-bond acceptors (Lipinski definition) is 4. The first-order chi connectivity index (χ1) is 9.33. The number of nitrogens with one attached hydrogen (secondary N) is 1. The number of rotatable bonds is 3. The lowest BCUT2D eigenvalue weighted by Gasteiger charge is -2.43. The molecule has 1 atom stereocenters. The fourth-order valence-electron chi connectivity index (χ4n) is 3.16. The van der Waals surface area contributed by atoms with Crippen molar-refractivity contribution in [2.45, 2.75) is 37.8 Å². The van der Waals surface area contributed by atoms with Crippen molar-refractivity contribution in [1.82, 2.24) is 15.1 Å². The number of ether oxygens (including phenoxy) is 1. The van der Waals surface area contributed by atoms with Gasteiger partial charge in [-0.05, 0) is 12.8 Å². The monoisotopic (exact) mass is 267 g/mol. The minimum absolute atomic E-state index is 0.0749. The number of nitrogens with zero attached hydrogens (tertiary/aromatic N) is 2. The molecule has 1 N–H and O–H groups in total. The van der Waals surface area contributed by atoms with Gasteiger partial charge in [-0.1, -0.05) is 6.42 Å². The molecule has 5 nitrogen and oxygen atoms in total. The Hall–Kier alpha value is -0.650. The lowest BCUT2D eigenvalue weighted by molar-refractivity contribution is -0.137. The van der Waals surface area contributed by atoms with Crippen LogP contribution in [0.5, 0.6) is 0 Å². The van der Waals surface area contributed by atoms with E-state index in [9.17, 15) is 4.79 Å². The topological polar surface area (TPSA) is 44.8 Å². The largest absolute Gasteiger partial charge is 0.375 e. The summed E-state index contributed by atoms with van der Waals surface area (Å²) in [6.45, 7) is 6.36. The van der Waals surface area contributed by atoms with Gasteiger partial charge in [-0.3, -0.25) is 9.69 Å². The molecule has 19 heavy (non-hydrogen) atoms. The molecule has 5 heteroatoms. The van der Waals surface area contributed by atoms with Crippen molar-refractivity contribution in [2.24, 2.45) is 0 Å². The Morgan fingerprint density at radius 2 is 2.00 bits per heavy atom. The Morgan fingerprint density at radius 1 is 1.21 bits per heavy atom. The van der Waals surface area contributed by atoms with Gasteiger partial charge < -0.3 is 15.0 Å². The van der Waals surface area contributed by atoms with Gasteiger partial charge >= 0.3 is 0 Å². The molecule has 3 fully saturated rings. The summed E-state index contributed by atoms with van der Waals surface area (Å²) in [6.07, 6.45) is 4.71. The van der Waals surface area contributed by atoms with Crippen LogP contribution in [0.4, 0.5) is 0 Å². The molecular weight excluding hydrogens is 242 g/mol. The molecule has 1 amide bonds. The molecule has 1 unspecified atom stereocenters. The zero-order chi connectivity index (χ0) is 13.1. The molecule has 0 aromatic carbocycles. The second-order valence-electron chi connectivity index (χ2n) is 5.90. The summed E-state index contributed by atoms with van der Waals surface area (Å²) >= 11 is 0. The third-order valence-electron chi connectivity index (χ3n) is 4.66. The van der Waals surface area contributed by atoms with Crippen molar-refractivity contribution >= 4 is 5.91 Å². The molecule has 2 aliphatic heterocycles. The molecule has 0 aromatic heterocycles. The molecule has 3 rings (SSSR count). The summed E-state index contributed by atoms with van der Waals surface area (Å²) in [5.74, 6) is 0.266. The van der Waals surface area contributed by atoms with E-state index in [0.29, 0.717) is 6.42 Å². The van der Waals surface area contributed by atoms with Crippen molar-refractivity contribution in [3.8, 4) is 0 Å². The van der Waals surface area contributed by atoms with Crippen molar-refractivity contribution in [1.29, 1.82) is 0 Å². The number of piperazine rings is 1. The van der Waals surface area contributed by atoms with Crippen LogP contribution in [-0.2, 0) is 9.53 Å². The van der Waals surface area contributed by atoms with Crippen LogP contribution in [0.15, 0.2) is 0 Å². The highest BCUT2D eigenvalue weighted by Gasteiger charge is 2.30. The van der Waals surface area contributed by atoms with E-state index in [0.717, 1.165) is 51.9 Å². The van der Waals surface area contributed by atoms with Crippen LogP contribution in [0.2, 0.25) is 0 Å². The normalized spacial score (nSPS) is 30.1. The van der Waals surface area contributed by atoms with Crippen molar-refractivity contribution in [3.63, 3.8) is 0 Å². The quantitative estimate of drug-likeness (QED) is 0.785. The zero-order valence-corrected chi connectivity index (χ0v) is 11.6. The predicted octanol–water partition coefficient (Wildman–Crippen LogP) is 0.0616. The zero-order valence-electron chi connectivity index (χ0n) is 11.6. The van der Waals surface area contributed by atoms with Gasteiger partial charge in [0.1, 0.15) is 0 Å². The Morgan fingerprint density at radius 3 is 2.58 bits per heavy atom. The van der Waals surface area contributed by atoms with Crippen LogP contribution in [0.1, 0.15) is 25.7 Å². The number of carbonyl (C=O) groups is 1. The molecule has 1 saturated carbocycles. The molecule has 0 radical (unpaired) electrons. The molecule has 0 bridgehead atoms. The number of carbonyl (C=O) groups excluding carboxylic acids is 1. The summed E-state index contributed by atoms with van der Waals surface area (Å²) < 4.78 is 5.60. The van der Waals surface area contributed by atoms with Gasteiger partial charge in [0.15, 0.2) is 0 Å². The molecule has 0 aromatic rings. The van der Waals surface area contributed by atoms with E-state index in [1.54, 1.807) is 0 Å². The van der Waals surface area contributed by atoms with Crippen LogP contribution < -0.4 is 5.32 Å². The summed E-state index contributed by atoms with van der Waals surface area (Å²) in [6, 6.07) is 0.808. The lowest BCUT2D eigenvalue weighted by Crippen LogP contribution is -2.54. The molecule has 2 heterocycles. The SMILES string of the molecule is O=C(CC1CNCCO1)N1CCN(C2CCC2)CC1. The van der Waals surface area contributed by atoms with Crippen molar-refractivity contribution in [3.05, 3.63) is 0 Å². The highest BCUT2D eigenvalue weighted by atomic mass is 16.5. The Kier molecular flexibility index (Phi) is 4.35. The summed E-state index contributed by atoms with van der Waals surface area (Å²) in [5.41, 5.74) is 0. The minimum Gasteiger partial charge on any atom is -0.375 e. The Labute approximate surface area is 115 Å². The standard InChI is InChI=1S/C14H25N3O2/c18-14(10-13-11-15-4-9-19-13)17-7-5-16(6-8-17)12-2-1-3-12/h12-13,15H,1-11H2. The van der Waals surface area contributed by atoms with Crippen LogP contribution in [0, 0.1) is 0 Å². The van der Waals surface area contributed by atoms with E-state index >= 15 is 0 Å². The molecule has 0 spiro atoms. The molecule has 3 aliphatic rings. The van der Waals surface area contributed by atoms with Gasteiger partial charge in [-0.15, -0.1) is 0 Å². The maximum Gasteiger partial charge on any atom is 0.225 e. The van der Waals surface area contributed by atoms with Gasteiger partial charge in [-0.2, -0.15) is 0 Å². The van der Waals surface area contributed by atoms with Gasteiger partial charge in [0.25, 0.3) is 0 Å². The first-order valence-corrected chi connectivity index (χ1v) is 7.67. The maximum atomic E-state index is 12.2. The van der Waals surface area contributed by atoms with Gasteiger partial charge in [0, 0.05) is 45.3 Å². The predicted molar refractivity (Wildman–Crippen MR) is 73.0 cm³/mol. The second-order valence-corrected chi connectivity index (χ2v) is 5.90. The third kappa shape index (κ3) is 3.27. The van der Waals surface area contributed by atoms with E-state index in [-0.39, 0.29) is 12.0 Å². The van der Waals surface area contributed by atoms with E-state index in [1.807, 2.05) is 4.90 Å². The smallest absolute Gasteiger partial charge is 0.225 e. The molecular formula is C14H25N3O2. The number of hydrogen-bond donors (Lipinski definition) is 1. The average Bonchev–Trinajstić information content (AvgIpc) is 2.39. The highest BCUT2D eigenvalue weighted by molar-refractivity contribution is 5.76. The summed E-state index contributed by atoms with van der Waals surface area (Å²) in [4.78, 5) is 16.8. The lowest BCUT2D eigenvalue weighted by atomic mass is 9.91. The summed E-state index contributed by atoms with van der Waals surface area (Å²) in [7, 11) is 0. The number of morpholine rings is 1. The van der Waals surface area contributed by atoms with Crippen molar-refractivity contribution < 1.29 is 9.53 Å². The third-order valence-corrected chi connectivity index (χ3v) is 4.66. The number of amides is 1. The molecule has 1 aliphatic carbocycles. The van der Waals surface area contributed by atoms with Crippen LogP contribution in [0.3, 0.4) is 0 Å². The van der Waals surface area contributed by atoms with Crippen LogP contribution in [0.25, 0.3) is 0 Å². The molecule has 108 valence electrons. The Balaban J connectivity index is 1.41. The second kappa shape index (κ2) is 6.20. The Bertz CT molecular complexity index is 306. The first kappa shape index (κ1) is 13.3. The van der Waals surface area contributed by atoms with Gasteiger partial charge in [0.2, 0.25) is 5.91 Å². The highest BCUT2D eigenvalue weighted by Crippen LogP contribution is 2.25. The van der Waals surface area contributed by atoms with Crippen LogP contribution >= 0.6 is 0 Å². The van der Waals surface area contributed by atoms with E-state index < -0.39 is 0 Å². The minimum atomic E-state index is 0.0749. The van der Waals surface area contributed by atoms with Gasteiger partial charge in [0.05, 0.1) is 19.1 Å². The maximum absolute atomic E-state index is 12.2. The fraction of sp³-hybridized carbons (Fsp3) is 0.929. The van der Waals surface area contributed by atoms with Crippen LogP contribution in [-0.4, -0.2) is 73.7 Å². The molecule has 2 saturated heterocycles. The van der Waals surface area contributed by atoms with Gasteiger partial charge in [-0.25, -0.2) is 0 Å². The first-order valence-electron chi connectivity index (χ1n) is 7.67. The van der Waals surface area contributed by atoms with E-state index in [2.05, 4.69) is 10.2 Å². The van der Waals surface area contributed by atoms with E-state index in [4.69, 9.17) is 4.74 Å². The average molecular weight is 267 g/mol. The van der Waals surface area contributed by atoms with Crippen molar-refractivity contribution in [2.75, 3.05) is 45.9 Å².